The predicted octanol–water partition coefficient (Wildman–Crippen LogP) is 3.36. The number of aryl methyl sites for hydroxylation is 1. The minimum absolute atomic E-state index is 0.0589. The molecule has 2 rings (SSSR count). The van der Waals surface area contributed by atoms with Crippen LogP contribution in [0.3, 0.4) is 0 Å². The van der Waals surface area contributed by atoms with Crippen LogP contribution in [0.4, 0.5) is 4.79 Å². The first kappa shape index (κ1) is 19.4. The van der Waals surface area contributed by atoms with Crippen LogP contribution in [-0.4, -0.2) is 36.3 Å². The Hall–Kier alpha value is -1.95. The lowest BCUT2D eigenvalue weighted by molar-refractivity contribution is -0.142. The number of amides is 2. The Morgan fingerprint density at radius 2 is 2.00 bits per heavy atom. The molecule has 1 aromatic rings. The number of carboxylic acids is 1. The van der Waals surface area contributed by atoms with Crippen molar-refractivity contribution in [3.63, 3.8) is 0 Å². The molecule has 25 heavy (non-hydrogen) atoms. The van der Waals surface area contributed by atoms with Gasteiger partial charge in [0.1, 0.15) is 5.75 Å². The van der Waals surface area contributed by atoms with Gasteiger partial charge in [-0.2, -0.15) is 0 Å². The second kappa shape index (κ2) is 9.51. The number of carboxylic acid groups (broad SMARTS) is 1. The highest BCUT2D eigenvalue weighted by molar-refractivity contribution is 6.30. The molecular weight excluding hydrogens is 344 g/mol. The first-order valence-electron chi connectivity index (χ1n) is 8.62. The van der Waals surface area contributed by atoms with Gasteiger partial charge in [0, 0.05) is 17.6 Å². The molecule has 0 spiro atoms. The molecule has 0 atom stereocenters. The maximum atomic E-state index is 11.9. The largest absolute Gasteiger partial charge is 0.493 e. The van der Waals surface area contributed by atoms with Gasteiger partial charge in [0.25, 0.3) is 0 Å². The van der Waals surface area contributed by atoms with Gasteiger partial charge in [-0.05, 0) is 62.8 Å². The van der Waals surface area contributed by atoms with E-state index in [2.05, 4.69) is 10.6 Å². The van der Waals surface area contributed by atoms with Crippen LogP contribution in [0.5, 0.6) is 5.75 Å². The highest BCUT2D eigenvalue weighted by atomic mass is 35.5. The van der Waals surface area contributed by atoms with Gasteiger partial charge >= 0.3 is 12.0 Å². The van der Waals surface area contributed by atoms with Crippen molar-refractivity contribution in [2.45, 2.75) is 45.1 Å². The van der Waals surface area contributed by atoms with E-state index < -0.39 is 5.97 Å². The van der Waals surface area contributed by atoms with E-state index in [0.717, 1.165) is 11.3 Å². The third-order valence-electron chi connectivity index (χ3n) is 4.41. The summed E-state index contributed by atoms with van der Waals surface area (Å²) in [6.45, 7) is 2.96. The van der Waals surface area contributed by atoms with E-state index in [1.165, 1.54) is 0 Å². The summed E-state index contributed by atoms with van der Waals surface area (Å²) in [5.41, 5.74) is 0.982. The molecule has 1 aliphatic carbocycles. The van der Waals surface area contributed by atoms with Gasteiger partial charge in [-0.3, -0.25) is 4.79 Å². The molecule has 1 aliphatic rings. The molecule has 2 amide bonds. The number of benzene rings is 1. The van der Waals surface area contributed by atoms with Crippen LogP contribution in [0.15, 0.2) is 18.2 Å². The van der Waals surface area contributed by atoms with Crippen molar-refractivity contribution < 1.29 is 19.4 Å². The summed E-state index contributed by atoms with van der Waals surface area (Å²) in [5.74, 6) is -0.211. The van der Waals surface area contributed by atoms with Gasteiger partial charge in [0.15, 0.2) is 0 Å². The number of rotatable bonds is 7. The Morgan fingerprint density at radius 1 is 1.28 bits per heavy atom. The Labute approximate surface area is 152 Å². The summed E-state index contributed by atoms with van der Waals surface area (Å²) in [6, 6.07) is 5.33. The summed E-state index contributed by atoms with van der Waals surface area (Å²) < 4.78 is 5.67. The minimum Gasteiger partial charge on any atom is -0.493 e. The van der Waals surface area contributed by atoms with E-state index in [-0.39, 0.29) is 18.0 Å². The number of ether oxygens (including phenoxy) is 1. The van der Waals surface area contributed by atoms with Crippen molar-refractivity contribution in [3.05, 3.63) is 28.8 Å². The molecule has 1 aromatic carbocycles. The van der Waals surface area contributed by atoms with Crippen LogP contribution in [0.25, 0.3) is 0 Å². The Bertz CT molecular complexity index is 601. The Kier molecular flexibility index (Phi) is 7.37. The van der Waals surface area contributed by atoms with E-state index in [1.807, 2.05) is 19.1 Å². The molecule has 0 bridgehead atoms. The van der Waals surface area contributed by atoms with Crippen LogP contribution < -0.4 is 15.4 Å². The normalized spacial score (nSPS) is 19.9. The van der Waals surface area contributed by atoms with Crippen molar-refractivity contribution >= 4 is 23.6 Å². The van der Waals surface area contributed by atoms with E-state index in [4.69, 9.17) is 21.4 Å². The summed E-state index contributed by atoms with van der Waals surface area (Å²) in [7, 11) is 0. The van der Waals surface area contributed by atoms with Crippen LogP contribution in [-0.2, 0) is 4.79 Å². The number of hydrogen-bond donors (Lipinski definition) is 3. The fourth-order valence-electron chi connectivity index (χ4n) is 2.95. The molecule has 138 valence electrons. The van der Waals surface area contributed by atoms with Crippen molar-refractivity contribution in [2.75, 3.05) is 13.2 Å². The smallest absolute Gasteiger partial charge is 0.315 e. The summed E-state index contributed by atoms with van der Waals surface area (Å²) in [5, 5.41) is 15.4. The average molecular weight is 369 g/mol. The van der Waals surface area contributed by atoms with Gasteiger partial charge in [-0.1, -0.05) is 11.6 Å². The summed E-state index contributed by atoms with van der Waals surface area (Å²) in [6.07, 6.45) is 3.36. The van der Waals surface area contributed by atoms with Crippen molar-refractivity contribution in [3.8, 4) is 5.75 Å². The zero-order valence-electron chi connectivity index (χ0n) is 14.4. The van der Waals surface area contributed by atoms with E-state index in [1.54, 1.807) is 6.07 Å². The van der Waals surface area contributed by atoms with Gasteiger partial charge < -0.3 is 20.5 Å². The molecule has 0 aromatic heterocycles. The van der Waals surface area contributed by atoms with Crippen LogP contribution in [0.2, 0.25) is 5.02 Å². The molecule has 7 heteroatoms. The van der Waals surface area contributed by atoms with Gasteiger partial charge in [-0.15, -0.1) is 0 Å². The molecule has 0 unspecified atom stereocenters. The van der Waals surface area contributed by atoms with Gasteiger partial charge in [0.2, 0.25) is 0 Å². The van der Waals surface area contributed by atoms with Crippen molar-refractivity contribution in [1.82, 2.24) is 10.6 Å². The third-order valence-corrected chi connectivity index (χ3v) is 4.65. The number of carbonyl (C=O) groups excluding carboxylic acids is 1. The highest BCUT2D eigenvalue weighted by Crippen LogP contribution is 2.24. The zero-order chi connectivity index (χ0) is 18.2. The van der Waals surface area contributed by atoms with E-state index >= 15 is 0 Å². The fourth-order valence-corrected chi connectivity index (χ4v) is 3.18. The maximum absolute atomic E-state index is 11.9. The average Bonchev–Trinajstić information content (AvgIpc) is 2.56. The SMILES string of the molecule is Cc1cc(Cl)ccc1OCCCNC(=O)NC1CCC(C(=O)O)CC1. The van der Waals surface area contributed by atoms with Crippen molar-refractivity contribution in [2.24, 2.45) is 5.92 Å². The molecule has 0 heterocycles. The van der Waals surface area contributed by atoms with Crippen LogP contribution in [0.1, 0.15) is 37.7 Å². The molecular formula is C18H25ClN2O4. The number of carbonyl (C=O) groups is 2. The predicted molar refractivity (Wildman–Crippen MR) is 96.2 cm³/mol. The number of hydrogen-bond acceptors (Lipinski definition) is 3. The van der Waals surface area contributed by atoms with Crippen molar-refractivity contribution in [1.29, 1.82) is 0 Å². The lowest BCUT2D eigenvalue weighted by Gasteiger charge is -2.26. The lowest BCUT2D eigenvalue weighted by atomic mass is 9.86. The molecule has 0 aliphatic heterocycles. The van der Waals surface area contributed by atoms with Gasteiger partial charge in [0.05, 0.1) is 12.5 Å². The monoisotopic (exact) mass is 368 g/mol. The number of nitrogens with one attached hydrogen (secondary N) is 2. The number of aliphatic carboxylic acids is 1. The molecule has 6 nitrogen and oxygen atoms in total. The molecule has 1 saturated carbocycles. The third kappa shape index (κ3) is 6.46. The fraction of sp³-hybridized carbons (Fsp3) is 0.556. The quantitative estimate of drug-likeness (QED) is 0.644. The lowest BCUT2D eigenvalue weighted by Crippen LogP contribution is -2.44. The summed E-state index contributed by atoms with van der Waals surface area (Å²) in [4.78, 5) is 22.8. The highest BCUT2D eigenvalue weighted by Gasteiger charge is 2.26. The molecule has 0 radical (unpaired) electrons. The Balaban J connectivity index is 1.57. The number of urea groups is 1. The second-order valence-corrected chi connectivity index (χ2v) is 6.84. The van der Waals surface area contributed by atoms with E-state index in [9.17, 15) is 9.59 Å². The van der Waals surface area contributed by atoms with Gasteiger partial charge in [-0.25, -0.2) is 4.79 Å². The topological polar surface area (TPSA) is 87.7 Å². The molecule has 1 fully saturated rings. The maximum Gasteiger partial charge on any atom is 0.315 e. The second-order valence-electron chi connectivity index (χ2n) is 6.40. The first-order chi connectivity index (χ1) is 12.0. The minimum atomic E-state index is -0.737. The standard InChI is InChI=1S/C18H25ClN2O4/c1-12-11-14(19)5-8-16(12)25-10-2-9-20-18(24)21-15-6-3-13(4-7-15)17(22)23/h5,8,11,13,15H,2-4,6-7,9-10H2,1H3,(H,22,23)(H2,20,21,24). The van der Waals surface area contributed by atoms with Crippen LogP contribution in [0, 0.1) is 12.8 Å². The summed E-state index contributed by atoms with van der Waals surface area (Å²) >= 11 is 5.90. The molecule has 0 saturated heterocycles. The van der Waals surface area contributed by atoms with Crippen LogP contribution >= 0.6 is 11.6 Å². The Morgan fingerprint density at radius 3 is 2.64 bits per heavy atom. The van der Waals surface area contributed by atoms with E-state index in [0.29, 0.717) is 50.3 Å². The number of halogens is 1. The first-order valence-corrected chi connectivity index (χ1v) is 8.99. The molecule has 3 N–H and O–H groups in total. The zero-order valence-corrected chi connectivity index (χ0v) is 15.1.